The molecule has 2 atom stereocenters. The van der Waals surface area contributed by atoms with Crippen LogP contribution in [0.25, 0.3) is 0 Å². The molecule has 2 saturated heterocycles. The average Bonchev–Trinajstić information content (AvgIpc) is 2.46. The predicted octanol–water partition coefficient (Wildman–Crippen LogP) is 2.97. The van der Waals surface area contributed by atoms with E-state index in [-0.39, 0.29) is 0 Å². The molecule has 2 N–H and O–H groups in total. The standard InChI is InChI=1S/C16H24BrN3/c1-12-10-19-7-3-2-4-14(19)11-20(12)16-6-5-13(9-18)8-15(16)17/h5-6,8,12,14H,2-4,7,9-11,18H2,1H3. The van der Waals surface area contributed by atoms with Crippen LogP contribution in [0.1, 0.15) is 31.7 Å². The maximum Gasteiger partial charge on any atom is 0.0514 e. The van der Waals surface area contributed by atoms with E-state index in [2.05, 4.69) is 50.9 Å². The van der Waals surface area contributed by atoms with Gasteiger partial charge in [0.25, 0.3) is 0 Å². The number of nitrogens with two attached hydrogens (primary N) is 1. The molecule has 20 heavy (non-hydrogen) atoms. The van der Waals surface area contributed by atoms with Crippen molar-refractivity contribution in [3.8, 4) is 0 Å². The van der Waals surface area contributed by atoms with Gasteiger partial charge in [-0.1, -0.05) is 12.5 Å². The normalized spacial score (nSPS) is 27.4. The molecule has 0 bridgehead atoms. The first-order chi connectivity index (χ1) is 9.69. The molecule has 1 aromatic carbocycles. The maximum atomic E-state index is 5.72. The Morgan fingerprint density at radius 3 is 2.90 bits per heavy atom. The van der Waals surface area contributed by atoms with Crippen LogP contribution in [0, 0.1) is 0 Å². The first-order valence-electron chi connectivity index (χ1n) is 7.68. The second kappa shape index (κ2) is 6.04. The summed E-state index contributed by atoms with van der Waals surface area (Å²) in [4.78, 5) is 5.25. The van der Waals surface area contributed by atoms with Crippen molar-refractivity contribution in [2.45, 2.75) is 44.8 Å². The molecule has 3 nitrogen and oxygen atoms in total. The molecule has 4 heteroatoms. The first-order valence-corrected chi connectivity index (χ1v) is 8.47. The second-order valence-electron chi connectivity index (χ2n) is 6.14. The van der Waals surface area contributed by atoms with Gasteiger partial charge in [-0.15, -0.1) is 0 Å². The summed E-state index contributed by atoms with van der Waals surface area (Å²) in [7, 11) is 0. The minimum atomic E-state index is 0.573. The quantitative estimate of drug-likeness (QED) is 0.900. The molecule has 2 aliphatic rings. The number of piperidine rings is 1. The summed E-state index contributed by atoms with van der Waals surface area (Å²) in [5, 5.41) is 0. The smallest absolute Gasteiger partial charge is 0.0514 e. The van der Waals surface area contributed by atoms with E-state index in [1.165, 1.54) is 48.1 Å². The summed E-state index contributed by atoms with van der Waals surface area (Å²) >= 11 is 3.73. The molecule has 2 aliphatic heterocycles. The molecular weight excluding hydrogens is 314 g/mol. The minimum Gasteiger partial charge on any atom is -0.365 e. The van der Waals surface area contributed by atoms with Gasteiger partial charge in [-0.25, -0.2) is 0 Å². The number of nitrogens with zero attached hydrogens (tertiary/aromatic N) is 2. The first kappa shape index (κ1) is 14.4. The molecule has 0 radical (unpaired) electrons. The number of halogens is 1. The van der Waals surface area contributed by atoms with E-state index >= 15 is 0 Å². The summed E-state index contributed by atoms with van der Waals surface area (Å²) < 4.78 is 1.18. The molecule has 0 aromatic heterocycles. The van der Waals surface area contributed by atoms with Gasteiger partial charge in [0.1, 0.15) is 0 Å². The molecule has 1 aromatic rings. The Morgan fingerprint density at radius 1 is 1.30 bits per heavy atom. The van der Waals surface area contributed by atoms with Crippen molar-refractivity contribution < 1.29 is 0 Å². The van der Waals surface area contributed by atoms with Crippen molar-refractivity contribution in [3.05, 3.63) is 28.2 Å². The Labute approximate surface area is 130 Å². The highest BCUT2D eigenvalue weighted by Crippen LogP contribution is 2.33. The van der Waals surface area contributed by atoms with E-state index in [1.54, 1.807) is 0 Å². The highest BCUT2D eigenvalue weighted by atomic mass is 79.9. The Balaban J connectivity index is 1.82. The lowest BCUT2D eigenvalue weighted by Gasteiger charge is -2.48. The molecule has 110 valence electrons. The van der Waals surface area contributed by atoms with Gasteiger partial charge in [-0.3, -0.25) is 4.90 Å². The van der Waals surface area contributed by atoms with Crippen LogP contribution < -0.4 is 10.6 Å². The van der Waals surface area contributed by atoms with Gasteiger partial charge >= 0.3 is 0 Å². The molecule has 0 aliphatic carbocycles. The van der Waals surface area contributed by atoms with Crippen LogP contribution in [-0.2, 0) is 6.54 Å². The Hall–Kier alpha value is -0.580. The largest absolute Gasteiger partial charge is 0.365 e. The Kier molecular flexibility index (Phi) is 4.34. The molecule has 2 unspecified atom stereocenters. The molecular formula is C16H24BrN3. The van der Waals surface area contributed by atoms with Crippen molar-refractivity contribution in [1.29, 1.82) is 0 Å². The Morgan fingerprint density at radius 2 is 2.15 bits per heavy atom. The summed E-state index contributed by atoms with van der Waals surface area (Å²) in [6.45, 7) is 6.58. The summed E-state index contributed by atoms with van der Waals surface area (Å²) in [6.07, 6.45) is 4.11. The lowest BCUT2D eigenvalue weighted by atomic mass is 9.96. The molecule has 0 spiro atoms. The van der Waals surface area contributed by atoms with Crippen molar-refractivity contribution in [3.63, 3.8) is 0 Å². The van der Waals surface area contributed by atoms with Gasteiger partial charge in [0, 0.05) is 36.2 Å². The van der Waals surface area contributed by atoms with Crippen LogP contribution in [0.5, 0.6) is 0 Å². The SMILES string of the molecule is CC1CN2CCCCC2CN1c1ccc(CN)cc1Br. The van der Waals surface area contributed by atoms with Gasteiger partial charge in [0.2, 0.25) is 0 Å². The molecule has 2 fully saturated rings. The van der Waals surface area contributed by atoms with Crippen molar-refractivity contribution in [2.24, 2.45) is 5.73 Å². The minimum absolute atomic E-state index is 0.573. The van der Waals surface area contributed by atoms with Crippen LogP contribution in [0.2, 0.25) is 0 Å². The van der Waals surface area contributed by atoms with Crippen LogP contribution in [-0.4, -0.2) is 36.6 Å². The zero-order valence-electron chi connectivity index (χ0n) is 12.2. The van der Waals surface area contributed by atoms with Crippen molar-refractivity contribution in [1.82, 2.24) is 4.90 Å². The van der Waals surface area contributed by atoms with Crippen LogP contribution in [0.15, 0.2) is 22.7 Å². The molecule has 0 saturated carbocycles. The molecule has 2 heterocycles. The third-order valence-electron chi connectivity index (χ3n) is 4.74. The van der Waals surface area contributed by atoms with Crippen molar-refractivity contribution >= 4 is 21.6 Å². The van der Waals surface area contributed by atoms with E-state index in [9.17, 15) is 0 Å². The average molecular weight is 338 g/mol. The lowest BCUT2D eigenvalue weighted by molar-refractivity contribution is 0.115. The predicted molar refractivity (Wildman–Crippen MR) is 88.1 cm³/mol. The summed E-state index contributed by atoms with van der Waals surface area (Å²) in [6, 6.07) is 7.85. The van der Waals surface area contributed by atoms with E-state index in [0.717, 1.165) is 12.6 Å². The van der Waals surface area contributed by atoms with Gasteiger partial charge in [0.05, 0.1) is 5.69 Å². The van der Waals surface area contributed by atoms with E-state index in [0.29, 0.717) is 12.6 Å². The molecule has 3 rings (SSSR count). The Bertz CT molecular complexity index is 477. The fourth-order valence-corrected chi connectivity index (χ4v) is 4.25. The topological polar surface area (TPSA) is 32.5 Å². The van der Waals surface area contributed by atoms with Gasteiger partial charge in [-0.05, 0) is 59.9 Å². The number of hydrogen-bond donors (Lipinski definition) is 1. The fraction of sp³-hybridized carbons (Fsp3) is 0.625. The second-order valence-corrected chi connectivity index (χ2v) is 6.99. The zero-order chi connectivity index (χ0) is 14.1. The number of piperazine rings is 1. The third kappa shape index (κ3) is 2.74. The summed E-state index contributed by atoms with van der Waals surface area (Å²) in [5.41, 5.74) is 8.23. The van der Waals surface area contributed by atoms with E-state index in [4.69, 9.17) is 5.73 Å². The van der Waals surface area contributed by atoms with Gasteiger partial charge in [-0.2, -0.15) is 0 Å². The number of fused-ring (bicyclic) bond motifs is 1. The lowest BCUT2D eigenvalue weighted by Crippen LogP contribution is -2.58. The van der Waals surface area contributed by atoms with Crippen LogP contribution in [0.4, 0.5) is 5.69 Å². The molecule has 0 amide bonds. The highest BCUT2D eigenvalue weighted by Gasteiger charge is 2.33. The number of rotatable bonds is 2. The van der Waals surface area contributed by atoms with Gasteiger partial charge in [0.15, 0.2) is 0 Å². The van der Waals surface area contributed by atoms with Crippen molar-refractivity contribution in [2.75, 3.05) is 24.5 Å². The van der Waals surface area contributed by atoms with Gasteiger partial charge < -0.3 is 10.6 Å². The van der Waals surface area contributed by atoms with E-state index < -0.39 is 0 Å². The highest BCUT2D eigenvalue weighted by molar-refractivity contribution is 9.10. The fourth-order valence-electron chi connectivity index (χ4n) is 3.60. The van der Waals surface area contributed by atoms with Crippen LogP contribution >= 0.6 is 15.9 Å². The third-order valence-corrected chi connectivity index (χ3v) is 5.38. The maximum absolute atomic E-state index is 5.72. The number of hydrogen-bond acceptors (Lipinski definition) is 3. The van der Waals surface area contributed by atoms with E-state index in [1.807, 2.05) is 0 Å². The summed E-state index contributed by atoms with van der Waals surface area (Å²) in [5.74, 6) is 0. The monoisotopic (exact) mass is 337 g/mol. The number of anilines is 1. The number of benzene rings is 1. The zero-order valence-corrected chi connectivity index (χ0v) is 13.8. The van der Waals surface area contributed by atoms with Crippen LogP contribution in [0.3, 0.4) is 0 Å².